The van der Waals surface area contributed by atoms with E-state index in [2.05, 4.69) is 21.3 Å². The van der Waals surface area contributed by atoms with Gasteiger partial charge >= 0.3 is 0 Å². The van der Waals surface area contributed by atoms with Crippen molar-refractivity contribution in [2.45, 2.75) is 6.92 Å². The molecule has 136 valence electrons. The maximum absolute atomic E-state index is 12.2. The van der Waals surface area contributed by atoms with Gasteiger partial charge in [-0.1, -0.05) is 18.2 Å². The molecule has 0 aliphatic carbocycles. The largest absolute Gasteiger partial charge is 0.376 e. The first kappa shape index (κ1) is 19.0. The van der Waals surface area contributed by atoms with Crippen molar-refractivity contribution >= 4 is 29.1 Å². The lowest BCUT2D eigenvalue weighted by atomic mass is 10.1. The Bertz CT molecular complexity index is 805. The number of rotatable bonds is 7. The molecular weight excluding hydrogens is 332 g/mol. The highest BCUT2D eigenvalue weighted by Gasteiger charge is 2.11. The van der Waals surface area contributed by atoms with Crippen molar-refractivity contribution in [1.82, 2.24) is 10.6 Å². The summed E-state index contributed by atoms with van der Waals surface area (Å²) in [4.78, 5) is 35.9. The van der Waals surface area contributed by atoms with Crippen molar-refractivity contribution in [3.8, 4) is 0 Å². The van der Waals surface area contributed by atoms with Gasteiger partial charge < -0.3 is 21.3 Å². The average Bonchev–Trinajstić information content (AvgIpc) is 2.66. The quantitative estimate of drug-likeness (QED) is 0.610. The number of hydrogen-bond acceptors (Lipinski definition) is 4. The Labute approximate surface area is 152 Å². The van der Waals surface area contributed by atoms with Crippen LogP contribution >= 0.6 is 0 Å². The summed E-state index contributed by atoms with van der Waals surface area (Å²) in [6, 6.07) is 13.6. The van der Waals surface area contributed by atoms with E-state index < -0.39 is 0 Å². The fourth-order valence-electron chi connectivity index (χ4n) is 2.35. The first-order chi connectivity index (χ1) is 12.5. The van der Waals surface area contributed by atoms with Gasteiger partial charge in [0.25, 0.3) is 11.8 Å². The topological polar surface area (TPSA) is 99.3 Å². The summed E-state index contributed by atoms with van der Waals surface area (Å²) in [5, 5.41) is 11.0. The van der Waals surface area contributed by atoms with Crippen LogP contribution in [0, 0.1) is 0 Å². The standard InChI is InChI=1S/C19H22N4O3/c1-3-21-18(25)13-7-6-8-14(11-13)23-17(24)12-22-16-10-5-4-9-15(16)19(26)20-2/h4-11,22H,3,12H2,1-2H3,(H,20,26)(H,21,25)(H,23,24). The molecule has 2 aromatic rings. The Morgan fingerprint density at radius 3 is 2.46 bits per heavy atom. The van der Waals surface area contributed by atoms with Crippen molar-refractivity contribution in [2.75, 3.05) is 30.8 Å². The summed E-state index contributed by atoms with van der Waals surface area (Å²) in [7, 11) is 1.55. The lowest BCUT2D eigenvalue weighted by molar-refractivity contribution is -0.114. The van der Waals surface area contributed by atoms with Gasteiger partial charge in [0.1, 0.15) is 0 Å². The molecule has 26 heavy (non-hydrogen) atoms. The van der Waals surface area contributed by atoms with Crippen LogP contribution in [0.2, 0.25) is 0 Å². The molecule has 0 atom stereocenters. The van der Waals surface area contributed by atoms with Crippen molar-refractivity contribution in [3.05, 3.63) is 59.7 Å². The first-order valence-electron chi connectivity index (χ1n) is 8.28. The van der Waals surface area contributed by atoms with E-state index in [0.29, 0.717) is 29.0 Å². The Kier molecular flexibility index (Phi) is 6.73. The monoisotopic (exact) mass is 354 g/mol. The fourth-order valence-corrected chi connectivity index (χ4v) is 2.35. The number of hydrogen-bond donors (Lipinski definition) is 4. The van der Waals surface area contributed by atoms with Gasteiger partial charge in [0.2, 0.25) is 5.91 Å². The predicted molar refractivity (Wildman–Crippen MR) is 101 cm³/mol. The molecule has 0 aliphatic rings. The SMILES string of the molecule is CCNC(=O)c1cccc(NC(=O)CNc2ccccc2C(=O)NC)c1. The van der Waals surface area contributed by atoms with Crippen LogP contribution in [-0.4, -0.2) is 37.9 Å². The first-order valence-corrected chi connectivity index (χ1v) is 8.28. The minimum absolute atomic E-state index is 0.0145. The molecule has 0 saturated carbocycles. The van der Waals surface area contributed by atoms with E-state index in [9.17, 15) is 14.4 Å². The van der Waals surface area contributed by atoms with Crippen LogP contribution in [0.15, 0.2) is 48.5 Å². The molecule has 0 heterocycles. The molecule has 0 saturated heterocycles. The van der Waals surface area contributed by atoms with Gasteiger partial charge in [-0.25, -0.2) is 0 Å². The van der Waals surface area contributed by atoms with Crippen LogP contribution in [0.5, 0.6) is 0 Å². The molecule has 4 N–H and O–H groups in total. The third-order valence-corrected chi connectivity index (χ3v) is 3.58. The minimum atomic E-state index is -0.287. The summed E-state index contributed by atoms with van der Waals surface area (Å²) in [6.45, 7) is 2.36. The van der Waals surface area contributed by atoms with Crippen molar-refractivity contribution in [1.29, 1.82) is 0 Å². The highest BCUT2D eigenvalue weighted by atomic mass is 16.2. The van der Waals surface area contributed by atoms with E-state index in [0.717, 1.165) is 0 Å². The maximum Gasteiger partial charge on any atom is 0.253 e. The van der Waals surface area contributed by atoms with E-state index in [1.165, 1.54) is 0 Å². The smallest absolute Gasteiger partial charge is 0.253 e. The van der Waals surface area contributed by atoms with Crippen LogP contribution in [0.3, 0.4) is 0 Å². The highest BCUT2D eigenvalue weighted by Crippen LogP contribution is 2.15. The van der Waals surface area contributed by atoms with Gasteiger partial charge in [-0.3, -0.25) is 14.4 Å². The Hall–Kier alpha value is -3.35. The molecule has 3 amide bonds. The number of carbonyl (C=O) groups excluding carboxylic acids is 3. The molecule has 0 spiro atoms. The lowest BCUT2D eigenvalue weighted by Crippen LogP contribution is -2.25. The number of para-hydroxylation sites is 1. The lowest BCUT2D eigenvalue weighted by Gasteiger charge is -2.12. The second-order valence-corrected chi connectivity index (χ2v) is 5.47. The van der Waals surface area contributed by atoms with Gasteiger partial charge in [-0.2, -0.15) is 0 Å². The summed E-state index contributed by atoms with van der Waals surface area (Å²) >= 11 is 0. The van der Waals surface area contributed by atoms with Crippen molar-refractivity contribution in [3.63, 3.8) is 0 Å². The third kappa shape index (κ3) is 5.07. The van der Waals surface area contributed by atoms with Crippen LogP contribution in [0.25, 0.3) is 0 Å². The van der Waals surface area contributed by atoms with E-state index in [1.807, 2.05) is 6.92 Å². The fraction of sp³-hybridized carbons (Fsp3) is 0.211. The minimum Gasteiger partial charge on any atom is -0.376 e. The summed E-state index contributed by atoms with van der Waals surface area (Å²) in [5.74, 6) is -0.714. The maximum atomic E-state index is 12.2. The number of anilines is 2. The zero-order chi connectivity index (χ0) is 18.9. The third-order valence-electron chi connectivity index (χ3n) is 3.58. The number of carbonyl (C=O) groups is 3. The Balaban J connectivity index is 1.99. The molecule has 0 aliphatic heterocycles. The van der Waals surface area contributed by atoms with Gasteiger partial charge in [-0.05, 0) is 37.3 Å². The van der Waals surface area contributed by atoms with Crippen LogP contribution in [0.4, 0.5) is 11.4 Å². The molecule has 7 heteroatoms. The molecule has 0 aromatic heterocycles. The summed E-state index contributed by atoms with van der Waals surface area (Å²) in [6.07, 6.45) is 0. The van der Waals surface area contributed by atoms with Crippen molar-refractivity contribution in [2.24, 2.45) is 0 Å². The molecule has 0 unspecified atom stereocenters. The van der Waals surface area contributed by atoms with E-state index >= 15 is 0 Å². The second-order valence-electron chi connectivity index (χ2n) is 5.47. The molecule has 0 bridgehead atoms. The van der Waals surface area contributed by atoms with Gasteiger partial charge in [0, 0.05) is 30.5 Å². The zero-order valence-corrected chi connectivity index (χ0v) is 14.8. The molecule has 0 radical (unpaired) electrons. The van der Waals surface area contributed by atoms with Gasteiger partial charge in [-0.15, -0.1) is 0 Å². The zero-order valence-electron chi connectivity index (χ0n) is 14.8. The van der Waals surface area contributed by atoms with E-state index in [4.69, 9.17) is 0 Å². The van der Waals surface area contributed by atoms with Gasteiger partial charge in [0.05, 0.1) is 12.1 Å². The van der Waals surface area contributed by atoms with E-state index in [-0.39, 0.29) is 24.3 Å². The molecule has 0 fully saturated rings. The molecule has 2 rings (SSSR count). The van der Waals surface area contributed by atoms with Crippen LogP contribution in [-0.2, 0) is 4.79 Å². The highest BCUT2D eigenvalue weighted by molar-refractivity contribution is 6.01. The van der Waals surface area contributed by atoms with Crippen molar-refractivity contribution < 1.29 is 14.4 Å². The number of benzene rings is 2. The van der Waals surface area contributed by atoms with E-state index in [1.54, 1.807) is 55.6 Å². The average molecular weight is 354 g/mol. The molecule has 7 nitrogen and oxygen atoms in total. The normalized spacial score (nSPS) is 9.92. The second kappa shape index (κ2) is 9.22. The summed E-state index contributed by atoms with van der Waals surface area (Å²) in [5.41, 5.74) is 2.03. The Morgan fingerprint density at radius 1 is 0.962 bits per heavy atom. The van der Waals surface area contributed by atoms with Crippen LogP contribution in [0.1, 0.15) is 27.6 Å². The van der Waals surface area contributed by atoms with Gasteiger partial charge in [0.15, 0.2) is 0 Å². The Morgan fingerprint density at radius 2 is 1.73 bits per heavy atom. The molecular formula is C19H22N4O3. The summed E-state index contributed by atoms with van der Waals surface area (Å²) < 4.78 is 0. The number of nitrogens with one attached hydrogen (secondary N) is 4. The van der Waals surface area contributed by atoms with Crippen LogP contribution < -0.4 is 21.3 Å². The predicted octanol–water partition coefficient (Wildman–Crippen LogP) is 1.85. The molecule has 2 aromatic carbocycles. The number of amides is 3.